The summed E-state index contributed by atoms with van der Waals surface area (Å²) in [6.45, 7) is 0. The normalized spacial score (nSPS) is 22.8. The van der Waals surface area contributed by atoms with E-state index >= 15 is 0 Å². The van der Waals surface area contributed by atoms with Crippen molar-refractivity contribution >= 4 is 21.3 Å². The molecule has 0 amide bonds. The van der Waals surface area contributed by atoms with E-state index in [4.69, 9.17) is 4.74 Å². The van der Waals surface area contributed by atoms with Crippen molar-refractivity contribution in [1.29, 1.82) is 0 Å². The quantitative estimate of drug-likeness (QED) is 0.427. The molecule has 0 aliphatic heterocycles. The fourth-order valence-corrected chi connectivity index (χ4v) is 7.00. The highest BCUT2D eigenvalue weighted by molar-refractivity contribution is 6.50. The standard InChI is InChI=1S/C19H29BNO.C12H23N.B/c1-22-19-14-12-16(13-15-19)20-21(17-8-4-2-5-9-17)18-10-6-3-7-11-18;1-3-7-11(8-4-1)13-12-9-5-2-6-10-12;/h12-15,17-18H,2-11H2,1H3;11-13H,1-10H2;. The van der Waals surface area contributed by atoms with Crippen molar-refractivity contribution in [2.24, 2.45) is 0 Å². The topological polar surface area (TPSA) is 24.5 Å². The van der Waals surface area contributed by atoms with E-state index in [0.29, 0.717) is 0 Å². The molecule has 0 heterocycles. The maximum absolute atomic E-state index is 5.28. The first-order valence-electron chi connectivity index (χ1n) is 15.3. The summed E-state index contributed by atoms with van der Waals surface area (Å²) >= 11 is 0. The van der Waals surface area contributed by atoms with E-state index in [1.54, 1.807) is 7.11 Å². The van der Waals surface area contributed by atoms with E-state index in [1.165, 1.54) is 134 Å². The van der Waals surface area contributed by atoms with Crippen LogP contribution in [0.3, 0.4) is 0 Å². The van der Waals surface area contributed by atoms with Crippen molar-refractivity contribution < 1.29 is 4.74 Å². The average Bonchev–Trinajstić information content (AvgIpc) is 2.94. The molecule has 0 bridgehead atoms. The van der Waals surface area contributed by atoms with Crippen LogP contribution < -0.4 is 15.5 Å². The summed E-state index contributed by atoms with van der Waals surface area (Å²) in [6, 6.07) is 11.8. The van der Waals surface area contributed by atoms with Crippen molar-refractivity contribution in [1.82, 2.24) is 10.1 Å². The Morgan fingerprint density at radius 2 is 1.00 bits per heavy atom. The molecule has 0 aromatic heterocycles. The van der Waals surface area contributed by atoms with E-state index in [1.807, 2.05) is 0 Å². The van der Waals surface area contributed by atoms with E-state index < -0.39 is 0 Å². The van der Waals surface area contributed by atoms with Gasteiger partial charge in [0.15, 0.2) is 0 Å². The lowest BCUT2D eigenvalue weighted by Gasteiger charge is -2.42. The minimum absolute atomic E-state index is 0. The Hall–Kier alpha value is -0.930. The highest BCUT2D eigenvalue weighted by Gasteiger charge is 2.29. The van der Waals surface area contributed by atoms with Crippen LogP contribution in [-0.4, -0.2) is 51.9 Å². The first kappa shape index (κ1) is 29.6. The second kappa shape index (κ2) is 16.8. The van der Waals surface area contributed by atoms with Gasteiger partial charge >= 0.3 is 0 Å². The van der Waals surface area contributed by atoms with Gasteiger partial charge in [-0.15, -0.1) is 0 Å². The Morgan fingerprint density at radius 3 is 1.39 bits per heavy atom. The number of rotatable bonds is 7. The van der Waals surface area contributed by atoms with Crippen molar-refractivity contribution in [2.45, 2.75) is 153 Å². The number of methoxy groups -OCH3 is 1. The van der Waals surface area contributed by atoms with Gasteiger partial charge in [-0.1, -0.05) is 94.6 Å². The Balaban J connectivity index is 0.000000221. The van der Waals surface area contributed by atoms with Gasteiger partial charge in [-0.25, -0.2) is 0 Å². The monoisotopic (exact) mass is 490 g/mol. The van der Waals surface area contributed by atoms with Gasteiger partial charge in [0.05, 0.1) is 7.11 Å². The van der Waals surface area contributed by atoms with Gasteiger partial charge in [-0.2, -0.15) is 0 Å². The maximum atomic E-state index is 5.28. The summed E-state index contributed by atoms with van der Waals surface area (Å²) in [5, 5.41) is 3.86. The first-order chi connectivity index (χ1) is 17.3. The molecule has 0 saturated heterocycles. The minimum atomic E-state index is 0. The molecule has 4 aliphatic rings. The van der Waals surface area contributed by atoms with Crippen LogP contribution in [0.1, 0.15) is 128 Å². The molecular weight excluding hydrogens is 438 g/mol. The second-order valence-corrected chi connectivity index (χ2v) is 11.8. The molecule has 0 spiro atoms. The predicted octanol–water partition coefficient (Wildman–Crippen LogP) is 6.77. The molecule has 1 aromatic carbocycles. The molecule has 198 valence electrons. The summed E-state index contributed by atoms with van der Waals surface area (Å²) in [4.78, 5) is 2.74. The van der Waals surface area contributed by atoms with Gasteiger partial charge in [-0.3, -0.25) is 0 Å². The van der Waals surface area contributed by atoms with Crippen LogP contribution in [0.25, 0.3) is 0 Å². The van der Waals surface area contributed by atoms with Crippen LogP contribution in [0.5, 0.6) is 5.75 Å². The van der Waals surface area contributed by atoms with Crippen molar-refractivity contribution in [3.05, 3.63) is 24.3 Å². The zero-order chi connectivity index (χ0) is 24.1. The highest BCUT2D eigenvalue weighted by Crippen LogP contribution is 2.29. The van der Waals surface area contributed by atoms with E-state index in [0.717, 1.165) is 29.9 Å². The predicted molar refractivity (Wildman–Crippen MR) is 157 cm³/mol. The van der Waals surface area contributed by atoms with Gasteiger partial charge in [0.2, 0.25) is 7.41 Å². The zero-order valence-electron chi connectivity index (χ0n) is 23.3. The van der Waals surface area contributed by atoms with Crippen LogP contribution in [-0.2, 0) is 0 Å². The van der Waals surface area contributed by atoms with Crippen molar-refractivity contribution in [3.8, 4) is 5.75 Å². The van der Waals surface area contributed by atoms with Crippen LogP contribution in [0, 0.1) is 0 Å². The summed E-state index contributed by atoms with van der Waals surface area (Å²) in [5.74, 6) is 0.944. The molecule has 36 heavy (non-hydrogen) atoms. The van der Waals surface area contributed by atoms with Crippen LogP contribution >= 0.6 is 0 Å². The molecule has 4 fully saturated rings. The Morgan fingerprint density at radius 1 is 0.611 bits per heavy atom. The fraction of sp³-hybridized carbons (Fsp3) is 0.806. The molecule has 5 rings (SSSR count). The first-order valence-corrected chi connectivity index (χ1v) is 15.3. The number of ether oxygens (including phenoxy) is 1. The molecule has 0 atom stereocenters. The van der Waals surface area contributed by atoms with E-state index in [2.05, 4.69) is 41.8 Å². The van der Waals surface area contributed by atoms with E-state index in [9.17, 15) is 0 Å². The third-order valence-corrected chi connectivity index (χ3v) is 9.09. The third kappa shape index (κ3) is 9.75. The molecule has 4 saturated carbocycles. The molecule has 0 unspecified atom stereocenters. The zero-order valence-corrected chi connectivity index (χ0v) is 23.3. The smallest absolute Gasteiger partial charge is 0.248 e. The Labute approximate surface area is 225 Å². The Kier molecular flexibility index (Phi) is 13.8. The molecule has 3 nitrogen and oxygen atoms in total. The lowest BCUT2D eigenvalue weighted by Crippen LogP contribution is -2.50. The van der Waals surface area contributed by atoms with Gasteiger partial charge in [0.25, 0.3) is 0 Å². The fourth-order valence-electron chi connectivity index (χ4n) is 7.00. The van der Waals surface area contributed by atoms with Gasteiger partial charge < -0.3 is 14.9 Å². The van der Waals surface area contributed by atoms with Crippen LogP contribution in [0.15, 0.2) is 24.3 Å². The molecule has 4 radical (unpaired) electrons. The molecule has 5 heteroatoms. The summed E-state index contributed by atoms with van der Waals surface area (Å²) in [7, 11) is 4.17. The van der Waals surface area contributed by atoms with Gasteiger partial charge in [0, 0.05) is 20.5 Å². The average molecular weight is 490 g/mol. The lowest BCUT2D eigenvalue weighted by atomic mass is 9.73. The van der Waals surface area contributed by atoms with Crippen molar-refractivity contribution in [3.63, 3.8) is 0 Å². The summed E-state index contributed by atoms with van der Waals surface area (Å²) in [5.41, 5.74) is 1.32. The second-order valence-electron chi connectivity index (χ2n) is 11.8. The SMILES string of the molecule is C1CCC(NC2CCCCC2)CC1.COc1ccc([B]N(C2CCCCC2)C2CCCCC2)cc1.[B]. The number of benzene rings is 1. The number of hydrogen-bond acceptors (Lipinski definition) is 3. The number of hydrogen-bond donors (Lipinski definition) is 1. The van der Waals surface area contributed by atoms with Crippen molar-refractivity contribution in [2.75, 3.05) is 7.11 Å². The van der Waals surface area contributed by atoms with Gasteiger partial charge in [0.1, 0.15) is 5.75 Å². The lowest BCUT2D eigenvalue weighted by molar-refractivity contribution is 0.172. The highest BCUT2D eigenvalue weighted by atomic mass is 16.5. The molecule has 1 N–H and O–H groups in total. The minimum Gasteiger partial charge on any atom is -0.497 e. The largest absolute Gasteiger partial charge is 0.497 e. The Bertz CT molecular complexity index is 642. The summed E-state index contributed by atoms with van der Waals surface area (Å²) in [6.07, 6.45) is 28.6. The third-order valence-electron chi connectivity index (χ3n) is 9.09. The van der Waals surface area contributed by atoms with Gasteiger partial charge in [-0.05, 0) is 75.6 Å². The molecule has 1 aromatic rings. The van der Waals surface area contributed by atoms with Crippen LogP contribution in [0.4, 0.5) is 0 Å². The maximum Gasteiger partial charge on any atom is 0.248 e. The summed E-state index contributed by atoms with van der Waals surface area (Å²) < 4.78 is 5.28. The van der Waals surface area contributed by atoms with Crippen LogP contribution in [0.2, 0.25) is 0 Å². The van der Waals surface area contributed by atoms with E-state index in [-0.39, 0.29) is 8.41 Å². The number of nitrogens with one attached hydrogen (secondary N) is 1. The number of nitrogens with zero attached hydrogens (tertiary/aromatic N) is 1. The molecule has 4 aliphatic carbocycles. The molecular formula is C31H52B2N2O.